The molecule has 22 heavy (non-hydrogen) atoms. The summed E-state index contributed by atoms with van der Waals surface area (Å²) in [6.07, 6.45) is 4.57. The third-order valence-electron chi connectivity index (χ3n) is 3.23. The highest BCUT2D eigenvalue weighted by molar-refractivity contribution is 5.97. The number of amides is 2. The number of unbranched alkanes of at least 4 members (excludes halogenated alkanes) is 3. The predicted octanol–water partition coefficient (Wildman–Crippen LogP) is 2.27. The van der Waals surface area contributed by atoms with Crippen LogP contribution in [-0.4, -0.2) is 29.7 Å². The second-order valence-corrected chi connectivity index (χ2v) is 5.10. The lowest BCUT2D eigenvalue weighted by Crippen LogP contribution is -2.43. The van der Waals surface area contributed by atoms with Crippen molar-refractivity contribution in [2.75, 3.05) is 6.61 Å². The number of hydroxylamine groups is 1. The predicted molar refractivity (Wildman–Crippen MR) is 82.9 cm³/mol. The minimum absolute atomic E-state index is 0.384. The van der Waals surface area contributed by atoms with Gasteiger partial charge in [-0.05, 0) is 37.6 Å². The standard InChI is InChI=1S/C16H24N2O4/c1-3-4-5-6-11-22-14-9-7-13(8-10-14)16(20)17-12(2)15(19)18-21/h7-10,12,21H,3-6,11H2,1-2H3,(H,17,20)(H,18,19)/t12-/m0/s1. The SMILES string of the molecule is CCCCCCOc1ccc(C(=O)N[C@@H](C)C(=O)NO)cc1. The van der Waals surface area contributed by atoms with Crippen molar-refractivity contribution in [1.29, 1.82) is 0 Å². The van der Waals surface area contributed by atoms with E-state index in [9.17, 15) is 9.59 Å². The van der Waals surface area contributed by atoms with Crippen LogP contribution >= 0.6 is 0 Å². The molecule has 1 rings (SSSR count). The van der Waals surface area contributed by atoms with E-state index < -0.39 is 11.9 Å². The van der Waals surface area contributed by atoms with Crippen LogP contribution in [0, 0.1) is 0 Å². The highest BCUT2D eigenvalue weighted by atomic mass is 16.5. The Bertz CT molecular complexity index is 474. The third-order valence-corrected chi connectivity index (χ3v) is 3.23. The Balaban J connectivity index is 2.43. The van der Waals surface area contributed by atoms with Gasteiger partial charge in [0.1, 0.15) is 11.8 Å². The van der Waals surface area contributed by atoms with Crippen LogP contribution in [-0.2, 0) is 4.79 Å². The van der Waals surface area contributed by atoms with Crippen molar-refractivity contribution in [3.05, 3.63) is 29.8 Å². The number of ether oxygens (including phenoxy) is 1. The molecule has 6 nitrogen and oxygen atoms in total. The molecular formula is C16H24N2O4. The quantitative estimate of drug-likeness (QED) is 0.371. The second kappa shape index (κ2) is 9.78. The lowest BCUT2D eigenvalue weighted by atomic mass is 10.2. The molecule has 6 heteroatoms. The molecule has 0 saturated heterocycles. The Hall–Kier alpha value is -2.08. The van der Waals surface area contributed by atoms with E-state index in [2.05, 4.69) is 12.2 Å². The summed E-state index contributed by atoms with van der Waals surface area (Å²) in [5.41, 5.74) is 1.92. The van der Waals surface area contributed by atoms with E-state index in [1.807, 2.05) is 0 Å². The number of carbonyl (C=O) groups excluding carboxylic acids is 2. The van der Waals surface area contributed by atoms with Gasteiger partial charge in [-0.3, -0.25) is 14.8 Å². The van der Waals surface area contributed by atoms with Crippen molar-refractivity contribution in [3.8, 4) is 5.75 Å². The van der Waals surface area contributed by atoms with Gasteiger partial charge in [-0.15, -0.1) is 0 Å². The molecule has 0 unspecified atom stereocenters. The van der Waals surface area contributed by atoms with Gasteiger partial charge in [-0.2, -0.15) is 0 Å². The van der Waals surface area contributed by atoms with Gasteiger partial charge >= 0.3 is 0 Å². The summed E-state index contributed by atoms with van der Waals surface area (Å²) in [5, 5.41) is 11.0. The number of rotatable bonds is 9. The summed E-state index contributed by atoms with van der Waals surface area (Å²) in [6, 6.07) is 5.92. The first-order valence-electron chi connectivity index (χ1n) is 7.56. The molecule has 122 valence electrons. The first-order chi connectivity index (χ1) is 10.6. The van der Waals surface area contributed by atoms with Crippen molar-refractivity contribution in [2.24, 2.45) is 0 Å². The molecule has 0 heterocycles. The minimum Gasteiger partial charge on any atom is -0.494 e. The first-order valence-corrected chi connectivity index (χ1v) is 7.56. The van der Waals surface area contributed by atoms with Gasteiger partial charge in [0.05, 0.1) is 6.61 Å². The largest absolute Gasteiger partial charge is 0.494 e. The topological polar surface area (TPSA) is 87.7 Å². The average Bonchev–Trinajstić information content (AvgIpc) is 2.54. The molecule has 1 aromatic carbocycles. The summed E-state index contributed by atoms with van der Waals surface area (Å²) in [6.45, 7) is 4.31. The van der Waals surface area contributed by atoms with Crippen LogP contribution in [0.5, 0.6) is 5.75 Å². The van der Waals surface area contributed by atoms with Gasteiger partial charge in [0.25, 0.3) is 11.8 Å². The first kappa shape index (κ1) is 18.0. The van der Waals surface area contributed by atoms with Crippen LogP contribution < -0.4 is 15.5 Å². The van der Waals surface area contributed by atoms with E-state index in [1.165, 1.54) is 25.2 Å². The van der Waals surface area contributed by atoms with E-state index in [4.69, 9.17) is 9.94 Å². The Morgan fingerprint density at radius 2 is 1.86 bits per heavy atom. The lowest BCUT2D eigenvalue weighted by molar-refractivity contribution is -0.130. The maximum Gasteiger partial charge on any atom is 0.265 e. The number of benzene rings is 1. The monoisotopic (exact) mass is 308 g/mol. The van der Waals surface area contributed by atoms with Gasteiger partial charge in [0.15, 0.2) is 0 Å². The molecule has 1 atom stereocenters. The third kappa shape index (κ3) is 6.13. The molecule has 0 aliphatic heterocycles. The highest BCUT2D eigenvalue weighted by Gasteiger charge is 2.15. The molecule has 2 amide bonds. The molecule has 0 spiro atoms. The van der Waals surface area contributed by atoms with E-state index in [0.29, 0.717) is 17.9 Å². The summed E-state index contributed by atoms with van der Waals surface area (Å²) in [5.74, 6) is -0.333. The van der Waals surface area contributed by atoms with Crippen LogP contribution in [0.25, 0.3) is 0 Å². The molecule has 0 aliphatic rings. The maximum atomic E-state index is 11.9. The van der Waals surface area contributed by atoms with Gasteiger partial charge in [0, 0.05) is 5.56 Å². The maximum absolute atomic E-state index is 11.9. The molecule has 0 saturated carbocycles. The van der Waals surface area contributed by atoms with Gasteiger partial charge in [-0.1, -0.05) is 26.2 Å². The van der Waals surface area contributed by atoms with E-state index in [-0.39, 0.29) is 5.91 Å². The Morgan fingerprint density at radius 3 is 2.45 bits per heavy atom. The van der Waals surface area contributed by atoms with Crippen LogP contribution in [0.1, 0.15) is 49.9 Å². The van der Waals surface area contributed by atoms with Gasteiger partial charge < -0.3 is 10.1 Å². The Labute approximate surface area is 130 Å². The summed E-state index contributed by atoms with van der Waals surface area (Å²) in [7, 11) is 0. The van der Waals surface area contributed by atoms with Gasteiger partial charge in [-0.25, -0.2) is 5.48 Å². The van der Waals surface area contributed by atoms with Crippen molar-refractivity contribution in [1.82, 2.24) is 10.8 Å². The molecule has 0 fully saturated rings. The number of carbonyl (C=O) groups is 2. The lowest BCUT2D eigenvalue weighted by Gasteiger charge is -2.12. The second-order valence-electron chi connectivity index (χ2n) is 5.10. The molecule has 0 radical (unpaired) electrons. The summed E-state index contributed by atoms with van der Waals surface area (Å²) < 4.78 is 5.60. The van der Waals surface area contributed by atoms with Crippen molar-refractivity contribution in [2.45, 2.75) is 45.6 Å². The smallest absolute Gasteiger partial charge is 0.265 e. The van der Waals surface area contributed by atoms with Crippen molar-refractivity contribution < 1.29 is 19.5 Å². The molecule has 1 aromatic rings. The van der Waals surface area contributed by atoms with E-state index >= 15 is 0 Å². The summed E-state index contributed by atoms with van der Waals surface area (Å²) >= 11 is 0. The zero-order chi connectivity index (χ0) is 16.4. The zero-order valence-corrected chi connectivity index (χ0v) is 13.1. The Morgan fingerprint density at radius 1 is 1.18 bits per heavy atom. The summed E-state index contributed by atoms with van der Waals surface area (Å²) in [4.78, 5) is 23.0. The molecular weight excluding hydrogens is 284 g/mol. The molecule has 0 aliphatic carbocycles. The molecule has 0 aromatic heterocycles. The minimum atomic E-state index is -0.813. The fraction of sp³-hybridized carbons (Fsp3) is 0.500. The zero-order valence-electron chi connectivity index (χ0n) is 13.1. The Kier molecular flexibility index (Phi) is 7.99. The van der Waals surface area contributed by atoms with Crippen LogP contribution in [0.3, 0.4) is 0 Å². The number of nitrogens with one attached hydrogen (secondary N) is 2. The highest BCUT2D eigenvalue weighted by Crippen LogP contribution is 2.13. The van der Waals surface area contributed by atoms with Crippen LogP contribution in [0.15, 0.2) is 24.3 Å². The molecule has 0 bridgehead atoms. The van der Waals surface area contributed by atoms with Crippen molar-refractivity contribution in [3.63, 3.8) is 0 Å². The fourth-order valence-corrected chi connectivity index (χ4v) is 1.86. The van der Waals surface area contributed by atoms with Gasteiger partial charge in [0.2, 0.25) is 0 Å². The number of hydrogen-bond acceptors (Lipinski definition) is 4. The van der Waals surface area contributed by atoms with Crippen LogP contribution in [0.2, 0.25) is 0 Å². The normalized spacial score (nSPS) is 11.6. The van der Waals surface area contributed by atoms with E-state index in [1.54, 1.807) is 24.3 Å². The van der Waals surface area contributed by atoms with Crippen molar-refractivity contribution >= 4 is 11.8 Å². The van der Waals surface area contributed by atoms with E-state index in [0.717, 1.165) is 12.8 Å². The fourth-order valence-electron chi connectivity index (χ4n) is 1.86. The van der Waals surface area contributed by atoms with Crippen LogP contribution in [0.4, 0.5) is 0 Å². The number of hydrogen-bond donors (Lipinski definition) is 3. The molecule has 3 N–H and O–H groups in total. The average molecular weight is 308 g/mol.